The Hall–Kier alpha value is -3.39. The molecule has 1 aliphatic rings. The zero-order chi connectivity index (χ0) is 24.6. The summed E-state index contributed by atoms with van der Waals surface area (Å²) >= 11 is 0. The summed E-state index contributed by atoms with van der Waals surface area (Å²) in [5, 5.41) is 5.63. The maximum absolute atomic E-state index is 14.0. The van der Waals surface area contributed by atoms with Crippen LogP contribution in [-0.2, 0) is 21.5 Å². The first-order chi connectivity index (χ1) is 16.1. The Morgan fingerprint density at radius 3 is 2.03 bits per heavy atom. The van der Waals surface area contributed by atoms with Gasteiger partial charge in [0.15, 0.2) is 0 Å². The van der Waals surface area contributed by atoms with Crippen molar-refractivity contribution in [2.24, 2.45) is 0 Å². The fourth-order valence-corrected chi connectivity index (χ4v) is 6.02. The normalized spacial score (nSPS) is 12.7. The van der Waals surface area contributed by atoms with Gasteiger partial charge in [-0.15, -0.1) is 3.89 Å². The number of rotatable bonds is 6. The molecule has 1 amide bonds. The quantitative estimate of drug-likeness (QED) is 0.463. The van der Waals surface area contributed by atoms with Gasteiger partial charge in [-0.2, -0.15) is 8.42 Å². The summed E-state index contributed by atoms with van der Waals surface area (Å²) in [4.78, 5) is 12.2. The van der Waals surface area contributed by atoms with Gasteiger partial charge in [0.05, 0.1) is 0 Å². The molecule has 8 heteroatoms. The second kappa shape index (κ2) is 9.10. The van der Waals surface area contributed by atoms with Crippen molar-refractivity contribution in [3.05, 3.63) is 81.9 Å². The second-order valence-corrected chi connectivity index (χ2v) is 9.71. The number of benzene rings is 3. The number of carbonyl (C=O) groups excluding carboxylic acids is 1. The van der Waals surface area contributed by atoms with Crippen molar-refractivity contribution < 1.29 is 21.8 Å². The predicted octanol–water partition coefficient (Wildman–Crippen LogP) is 5.35. The Bertz CT molecular complexity index is 1340. The molecule has 0 aromatic heterocycles. The maximum Gasteiger partial charge on any atom is 0.407 e. The van der Waals surface area contributed by atoms with E-state index < -0.39 is 16.3 Å². The molecule has 34 heavy (non-hydrogen) atoms. The van der Waals surface area contributed by atoms with Crippen LogP contribution in [0.2, 0.25) is 0 Å². The lowest BCUT2D eigenvalue weighted by Crippen LogP contribution is -2.27. The van der Waals surface area contributed by atoms with Gasteiger partial charge in [-0.3, -0.25) is 0 Å². The number of anilines is 1. The van der Waals surface area contributed by atoms with Gasteiger partial charge in [0.1, 0.15) is 11.5 Å². The van der Waals surface area contributed by atoms with Gasteiger partial charge in [-0.1, -0.05) is 48.5 Å². The Kier molecular flexibility index (Phi) is 6.36. The second-order valence-electron chi connectivity index (χ2n) is 8.42. The van der Waals surface area contributed by atoms with Crippen LogP contribution >= 0.6 is 0 Å². The highest BCUT2D eigenvalue weighted by molar-refractivity contribution is 7.86. The Morgan fingerprint density at radius 2 is 1.50 bits per heavy atom. The number of hydrogen-bond donors (Lipinski definition) is 2. The summed E-state index contributed by atoms with van der Waals surface area (Å²) in [6.45, 7) is 5.07. The summed E-state index contributed by atoms with van der Waals surface area (Å²) in [5.41, 5.74) is 6.86. The monoisotopic (exact) mass is 482 g/mol. The molecule has 0 aliphatic heterocycles. The van der Waals surface area contributed by atoms with Crippen molar-refractivity contribution in [2.45, 2.75) is 38.1 Å². The van der Waals surface area contributed by atoms with Crippen molar-refractivity contribution in [2.75, 3.05) is 19.0 Å². The van der Waals surface area contributed by atoms with Gasteiger partial charge >= 0.3 is 16.3 Å². The van der Waals surface area contributed by atoms with Crippen molar-refractivity contribution in [3.8, 4) is 11.1 Å². The number of hydrogen-bond acceptors (Lipinski definition) is 5. The van der Waals surface area contributed by atoms with Crippen LogP contribution in [0.4, 0.5) is 14.4 Å². The van der Waals surface area contributed by atoms with E-state index in [4.69, 9.17) is 4.74 Å². The maximum atomic E-state index is 14.0. The largest absolute Gasteiger partial charge is 0.449 e. The molecule has 0 saturated heterocycles. The third-order valence-corrected chi connectivity index (χ3v) is 7.68. The van der Waals surface area contributed by atoms with E-state index in [2.05, 4.69) is 22.8 Å². The molecule has 0 spiro atoms. The highest BCUT2D eigenvalue weighted by atomic mass is 32.3. The van der Waals surface area contributed by atoms with Gasteiger partial charge in [0.25, 0.3) is 0 Å². The SMILES string of the molecule is CNc1c(C)c(CNC(=O)OCC2c3ccccc3-c3ccccc32)c(C)c(S(=O)(=O)F)c1C. The lowest BCUT2D eigenvalue weighted by atomic mass is 9.97. The topological polar surface area (TPSA) is 84.5 Å². The standard InChI is InChI=1S/C26H27FN2O4S/c1-15-22(16(2)25(34(27,31)32)17(3)24(15)28-4)13-29-26(30)33-14-23-20-11-7-5-9-18(20)19-10-6-8-12-21(19)23/h5-12,23,28H,13-14H2,1-4H3,(H,29,30). The van der Waals surface area contributed by atoms with E-state index in [1.165, 1.54) is 0 Å². The van der Waals surface area contributed by atoms with E-state index in [1.54, 1.807) is 27.8 Å². The average Bonchev–Trinajstić information content (AvgIpc) is 3.10. The predicted molar refractivity (Wildman–Crippen MR) is 130 cm³/mol. The lowest BCUT2D eigenvalue weighted by Gasteiger charge is -2.21. The van der Waals surface area contributed by atoms with Gasteiger partial charge in [-0.25, -0.2) is 4.79 Å². The number of carbonyl (C=O) groups is 1. The zero-order valence-electron chi connectivity index (χ0n) is 19.5. The van der Waals surface area contributed by atoms with Crippen LogP contribution in [0.5, 0.6) is 0 Å². The molecule has 0 radical (unpaired) electrons. The summed E-state index contributed by atoms with van der Waals surface area (Å²) < 4.78 is 43.2. The first-order valence-electron chi connectivity index (χ1n) is 11.0. The summed E-state index contributed by atoms with van der Waals surface area (Å²) in [6.07, 6.45) is -0.628. The van der Waals surface area contributed by atoms with Crippen LogP contribution in [0.1, 0.15) is 39.3 Å². The van der Waals surface area contributed by atoms with E-state index >= 15 is 0 Å². The zero-order valence-corrected chi connectivity index (χ0v) is 20.3. The molecule has 3 aromatic rings. The molecule has 0 atom stereocenters. The van der Waals surface area contributed by atoms with Gasteiger partial charge in [0.2, 0.25) is 0 Å². The molecule has 2 N–H and O–H groups in total. The fourth-order valence-electron chi connectivity index (χ4n) is 5.06. The third-order valence-electron chi connectivity index (χ3n) is 6.58. The minimum Gasteiger partial charge on any atom is -0.449 e. The Balaban J connectivity index is 1.52. The van der Waals surface area contributed by atoms with Crippen molar-refractivity contribution in [1.82, 2.24) is 5.32 Å². The van der Waals surface area contributed by atoms with E-state index in [0.717, 1.165) is 27.8 Å². The molecular formula is C26H27FN2O4S. The molecule has 0 bridgehead atoms. The molecule has 178 valence electrons. The van der Waals surface area contributed by atoms with E-state index in [1.807, 2.05) is 36.4 Å². The average molecular weight is 483 g/mol. The molecule has 1 aliphatic carbocycles. The van der Waals surface area contributed by atoms with Crippen molar-refractivity contribution in [3.63, 3.8) is 0 Å². The van der Waals surface area contributed by atoms with E-state index in [9.17, 15) is 17.1 Å². The highest BCUT2D eigenvalue weighted by Gasteiger charge is 2.29. The minimum atomic E-state index is -4.94. The van der Waals surface area contributed by atoms with Crippen LogP contribution in [0.15, 0.2) is 53.4 Å². The van der Waals surface area contributed by atoms with Crippen LogP contribution < -0.4 is 10.6 Å². The van der Waals surface area contributed by atoms with E-state index in [0.29, 0.717) is 16.8 Å². The van der Waals surface area contributed by atoms with Gasteiger partial charge < -0.3 is 15.4 Å². The number of halogens is 1. The molecule has 0 heterocycles. The minimum absolute atomic E-state index is 0.00577. The molecule has 4 rings (SSSR count). The molecule has 0 unspecified atom stereocenters. The molecule has 0 fully saturated rings. The number of fused-ring (bicyclic) bond motifs is 3. The summed E-state index contributed by atoms with van der Waals surface area (Å²) in [7, 11) is -3.30. The van der Waals surface area contributed by atoms with Crippen LogP contribution in [0.25, 0.3) is 11.1 Å². The van der Waals surface area contributed by atoms with Crippen molar-refractivity contribution >= 4 is 22.0 Å². The van der Waals surface area contributed by atoms with Crippen LogP contribution in [0, 0.1) is 20.8 Å². The van der Waals surface area contributed by atoms with E-state index in [-0.39, 0.29) is 29.5 Å². The molecular weight excluding hydrogens is 455 g/mol. The van der Waals surface area contributed by atoms with Crippen LogP contribution in [0.3, 0.4) is 0 Å². The summed E-state index contributed by atoms with van der Waals surface area (Å²) in [5.74, 6) is -0.0693. The number of ether oxygens (including phenoxy) is 1. The van der Waals surface area contributed by atoms with Crippen molar-refractivity contribution in [1.29, 1.82) is 0 Å². The first-order valence-corrected chi connectivity index (χ1v) is 12.4. The van der Waals surface area contributed by atoms with Crippen LogP contribution in [-0.4, -0.2) is 28.2 Å². The van der Waals surface area contributed by atoms with Gasteiger partial charge in [0, 0.05) is 25.2 Å². The fraction of sp³-hybridized carbons (Fsp3) is 0.269. The molecule has 6 nitrogen and oxygen atoms in total. The Morgan fingerprint density at radius 1 is 0.941 bits per heavy atom. The lowest BCUT2D eigenvalue weighted by molar-refractivity contribution is 0.142. The number of alkyl carbamates (subject to hydrolysis) is 1. The highest BCUT2D eigenvalue weighted by Crippen LogP contribution is 2.44. The Labute approximate surface area is 199 Å². The number of nitrogens with one attached hydrogen (secondary N) is 2. The molecule has 0 saturated carbocycles. The summed E-state index contributed by atoms with van der Waals surface area (Å²) in [6, 6.07) is 16.1. The third kappa shape index (κ3) is 4.14. The number of amides is 1. The molecule has 3 aromatic carbocycles. The van der Waals surface area contributed by atoms with Gasteiger partial charge in [-0.05, 0) is 65.3 Å². The smallest absolute Gasteiger partial charge is 0.407 e. The first kappa shape index (κ1) is 23.8.